The fourth-order valence-corrected chi connectivity index (χ4v) is 3.49. The van der Waals surface area contributed by atoms with E-state index in [1.54, 1.807) is 11.3 Å². The van der Waals surface area contributed by atoms with Crippen LogP contribution in [0.2, 0.25) is 0 Å². The number of carboxylic acid groups (broad SMARTS) is 1. The Balaban J connectivity index is 1.95. The van der Waals surface area contributed by atoms with Crippen LogP contribution in [0.5, 0.6) is 0 Å². The second-order valence-electron chi connectivity index (χ2n) is 4.64. The zero-order chi connectivity index (χ0) is 12.1. The molecule has 1 aromatic rings. The van der Waals surface area contributed by atoms with Gasteiger partial charge in [0.25, 0.3) is 0 Å². The molecule has 1 fully saturated rings. The summed E-state index contributed by atoms with van der Waals surface area (Å²) in [4.78, 5) is 11.9. The van der Waals surface area contributed by atoms with E-state index >= 15 is 0 Å². The van der Waals surface area contributed by atoms with E-state index in [4.69, 9.17) is 5.11 Å². The minimum Gasteiger partial charge on any atom is -0.481 e. The van der Waals surface area contributed by atoms with Gasteiger partial charge in [0, 0.05) is 17.5 Å². The summed E-state index contributed by atoms with van der Waals surface area (Å²) in [6, 6.07) is 4.58. The summed E-state index contributed by atoms with van der Waals surface area (Å²) in [7, 11) is 0. The van der Waals surface area contributed by atoms with Crippen molar-refractivity contribution < 1.29 is 9.90 Å². The van der Waals surface area contributed by atoms with Gasteiger partial charge in [0.2, 0.25) is 0 Å². The highest BCUT2D eigenvalue weighted by atomic mass is 32.1. The summed E-state index contributed by atoms with van der Waals surface area (Å²) in [6.07, 6.45) is 5.36. The lowest BCUT2D eigenvalue weighted by molar-refractivity contribution is -0.136. The minimum atomic E-state index is -0.728. The molecule has 1 unspecified atom stereocenters. The van der Waals surface area contributed by atoms with Gasteiger partial charge >= 0.3 is 5.97 Å². The molecule has 0 amide bonds. The SMILES string of the molecule is O=C(O)CCNC(c1cccs1)C1CCCC1. The lowest BCUT2D eigenvalue weighted by Gasteiger charge is -2.23. The number of hydrogen-bond acceptors (Lipinski definition) is 3. The summed E-state index contributed by atoms with van der Waals surface area (Å²) in [5, 5.41) is 14.2. The highest BCUT2D eigenvalue weighted by Crippen LogP contribution is 2.37. The summed E-state index contributed by atoms with van der Waals surface area (Å²) >= 11 is 1.77. The normalized spacial score (nSPS) is 18.4. The Kier molecular flexibility index (Phi) is 4.57. The Labute approximate surface area is 106 Å². The van der Waals surface area contributed by atoms with Crippen molar-refractivity contribution >= 4 is 17.3 Å². The van der Waals surface area contributed by atoms with Crippen LogP contribution in [-0.4, -0.2) is 17.6 Å². The molecule has 1 aliphatic carbocycles. The van der Waals surface area contributed by atoms with E-state index in [0.717, 1.165) is 0 Å². The Bertz CT molecular complexity index is 344. The molecule has 2 N–H and O–H groups in total. The van der Waals surface area contributed by atoms with Crippen molar-refractivity contribution in [3.05, 3.63) is 22.4 Å². The van der Waals surface area contributed by atoms with Gasteiger partial charge in [-0.05, 0) is 30.2 Å². The molecule has 2 rings (SSSR count). The number of aliphatic carboxylic acids is 1. The molecule has 1 saturated carbocycles. The maximum absolute atomic E-state index is 10.6. The second kappa shape index (κ2) is 6.17. The molecule has 0 bridgehead atoms. The van der Waals surface area contributed by atoms with Crippen LogP contribution in [0.3, 0.4) is 0 Å². The van der Waals surface area contributed by atoms with Crippen molar-refractivity contribution in [2.45, 2.75) is 38.1 Å². The first-order valence-corrected chi connectivity index (χ1v) is 7.14. The van der Waals surface area contributed by atoms with Crippen LogP contribution in [0.1, 0.15) is 43.0 Å². The molecule has 0 radical (unpaired) electrons. The lowest BCUT2D eigenvalue weighted by Crippen LogP contribution is -2.28. The van der Waals surface area contributed by atoms with Crippen LogP contribution >= 0.6 is 11.3 Å². The zero-order valence-corrected chi connectivity index (χ0v) is 10.7. The van der Waals surface area contributed by atoms with E-state index in [1.165, 1.54) is 30.6 Å². The first kappa shape index (κ1) is 12.6. The molecule has 4 heteroatoms. The molecule has 94 valence electrons. The van der Waals surface area contributed by atoms with Crippen LogP contribution in [0.4, 0.5) is 0 Å². The van der Waals surface area contributed by atoms with Gasteiger partial charge in [0.1, 0.15) is 0 Å². The minimum absolute atomic E-state index is 0.203. The van der Waals surface area contributed by atoms with Gasteiger partial charge in [-0.1, -0.05) is 18.9 Å². The number of carbonyl (C=O) groups is 1. The average Bonchev–Trinajstić information content (AvgIpc) is 2.97. The Morgan fingerprint density at radius 2 is 2.29 bits per heavy atom. The van der Waals surface area contributed by atoms with Crippen LogP contribution in [0.15, 0.2) is 17.5 Å². The maximum atomic E-state index is 10.6. The van der Waals surface area contributed by atoms with Gasteiger partial charge in [-0.2, -0.15) is 0 Å². The number of carboxylic acids is 1. The van der Waals surface area contributed by atoms with Gasteiger partial charge < -0.3 is 10.4 Å². The molecule has 1 aliphatic rings. The highest BCUT2D eigenvalue weighted by Gasteiger charge is 2.26. The largest absolute Gasteiger partial charge is 0.481 e. The molecule has 0 spiro atoms. The summed E-state index contributed by atoms with van der Waals surface area (Å²) in [6.45, 7) is 0.564. The van der Waals surface area contributed by atoms with Crippen LogP contribution in [-0.2, 0) is 4.79 Å². The van der Waals surface area contributed by atoms with Crippen molar-refractivity contribution in [2.75, 3.05) is 6.54 Å². The number of hydrogen-bond donors (Lipinski definition) is 2. The summed E-state index contributed by atoms with van der Waals surface area (Å²) < 4.78 is 0. The van der Waals surface area contributed by atoms with Gasteiger partial charge in [-0.25, -0.2) is 0 Å². The van der Waals surface area contributed by atoms with E-state index in [2.05, 4.69) is 22.8 Å². The highest BCUT2D eigenvalue weighted by molar-refractivity contribution is 7.10. The number of thiophene rings is 1. The van der Waals surface area contributed by atoms with E-state index in [9.17, 15) is 4.79 Å². The van der Waals surface area contributed by atoms with Crippen LogP contribution in [0.25, 0.3) is 0 Å². The van der Waals surface area contributed by atoms with E-state index in [0.29, 0.717) is 18.5 Å². The van der Waals surface area contributed by atoms with Crippen molar-refractivity contribution in [1.29, 1.82) is 0 Å². The number of nitrogens with one attached hydrogen (secondary N) is 1. The molecule has 0 aromatic carbocycles. The first-order chi connectivity index (χ1) is 8.27. The van der Waals surface area contributed by atoms with Crippen LogP contribution < -0.4 is 5.32 Å². The van der Waals surface area contributed by atoms with E-state index in [1.807, 2.05) is 0 Å². The fraction of sp³-hybridized carbons (Fsp3) is 0.615. The zero-order valence-electron chi connectivity index (χ0n) is 9.89. The molecule has 0 saturated heterocycles. The topological polar surface area (TPSA) is 49.3 Å². The second-order valence-corrected chi connectivity index (χ2v) is 5.61. The Hall–Kier alpha value is -0.870. The van der Waals surface area contributed by atoms with Crippen molar-refractivity contribution in [3.8, 4) is 0 Å². The van der Waals surface area contributed by atoms with E-state index < -0.39 is 5.97 Å². The molecule has 1 atom stereocenters. The molecular weight excluding hydrogens is 234 g/mol. The molecular formula is C13H19NO2S. The van der Waals surface area contributed by atoms with Gasteiger partial charge in [0.05, 0.1) is 6.42 Å². The van der Waals surface area contributed by atoms with Crippen molar-refractivity contribution in [1.82, 2.24) is 5.32 Å². The van der Waals surface area contributed by atoms with Gasteiger partial charge in [-0.3, -0.25) is 4.79 Å². The third kappa shape index (κ3) is 3.54. The molecule has 0 aliphatic heterocycles. The predicted octanol–water partition coefficient (Wildman–Crippen LogP) is 3.04. The van der Waals surface area contributed by atoms with Crippen molar-refractivity contribution in [2.24, 2.45) is 5.92 Å². The lowest BCUT2D eigenvalue weighted by atomic mass is 9.96. The molecule has 1 aromatic heterocycles. The predicted molar refractivity (Wildman–Crippen MR) is 69.3 cm³/mol. The van der Waals surface area contributed by atoms with E-state index in [-0.39, 0.29) is 6.42 Å². The monoisotopic (exact) mass is 253 g/mol. The third-order valence-corrected chi connectivity index (χ3v) is 4.38. The van der Waals surface area contributed by atoms with Gasteiger partial charge in [-0.15, -0.1) is 11.3 Å². The van der Waals surface area contributed by atoms with Crippen LogP contribution in [0, 0.1) is 5.92 Å². The Morgan fingerprint density at radius 1 is 1.53 bits per heavy atom. The number of rotatable bonds is 6. The standard InChI is InChI=1S/C13H19NO2S/c15-12(16)7-8-14-13(10-4-1-2-5-10)11-6-3-9-17-11/h3,6,9-10,13-14H,1-2,4-5,7-8H2,(H,15,16). The Morgan fingerprint density at radius 3 is 2.88 bits per heavy atom. The van der Waals surface area contributed by atoms with Gasteiger partial charge in [0.15, 0.2) is 0 Å². The maximum Gasteiger partial charge on any atom is 0.304 e. The summed E-state index contributed by atoms with van der Waals surface area (Å²) in [5.41, 5.74) is 0. The first-order valence-electron chi connectivity index (χ1n) is 6.26. The molecule has 3 nitrogen and oxygen atoms in total. The van der Waals surface area contributed by atoms with Crippen molar-refractivity contribution in [3.63, 3.8) is 0 Å². The summed E-state index contributed by atoms with van der Waals surface area (Å²) in [5.74, 6) is -0.0451. The quantitative estimate of drug-likeness (QED) is 0.819. The smallest absolute Gasteiger partial charge is 0.304 e. The average molecular weight is 253 g/mol. The third-order valence-electron chi connectivity index (χ3n) is 3.42. The fourth-order valence-electron chi connectivity index (χ4n) is 2.59. The molecule has 17 heavy (non-hydrogen) atoms. The molecule has 1 heterocycles.